The Bertz CT molecular complexity index is 542. The molecule has 0 amide bonds. The van der Waals surface area contributed by atoms with Crippen molar-refractivity contribution in [1.29, 1.82) is 0 Å². The fourth-order valence-corrected chi connectivity index (χ4v) is 3.29. The number of hydrogen-bond acceptors (Lipinski definition) is 3. The molecule has 0 aliphatic carbocycles. The molecule has 6 nitrogen and oxygen atoms in total. The van der Waals surface area contributed by atoms with E-state index in [1.165, 1.54) is 43.7 Å². The summed E-state index contributed by atoms with van der Waals surface area (Å²) in [5.74, 6) is 1.52. The quantitative estimate of drug-likeness (QED) is 0.590. The van der Waals surface area contributed by atoms with E-state index in [0.29, 0.717) is 12.5 Å². The first kappa shape index (κ1) is 18.8. The topological polar surface area (TPSA) is 57.5 Å². The number of aromatic nitrogens is 2. The Kier molecular flexibility index (Phi) is 7.09. The minimum atomic E-state index is 0.619. The third-order valence-corrected chi connectivity index (χ3v) is 4.78. The second-order valence-electron chi connectivity index (χ2n) is 6.96. The molecule has 0 saturated carbocycles. The van der Waals surface area contributed by atoms with Crippen LogP contribution in [-0.4, -0.2) is 53.4 Å². The largest absolute Gasteiger partial charge is 0.357 e. The maximum Gasteiger partial charge on any atom is 0.191 e. The van der Waals surface area contributed by atoms with E-state index >= 15 is 0 Å². The monoisotopic (exact) mass is 334 g/mol. The van der Waals surface area contributed by atoms with Gasteiger partial charge in [-0.05, 0) is 52.6 Å². The minimum absolute atomic E-state index is 0.619. The molecule has 136 valence electrons. The van der Waals surface area contributed by atoms with Crippen LogP contribution in [0.15, 0.2) is 4.99 Å². The first-order chi connectivity index (χ1) is 11.5. The van der Waals surface area contributed by atoms with Gasteiger partial charge in [0.15, 0.2) is 5.96 Å². The highest BCUT2D eigenvalue weighted by atomic mass is 15.3. The van der Waals surface area contributed by atoms with Gasteiger partial charge in [0, 0.05) is 37.9 Å². The lowest BCUT2D eigenvalue weighted by Crippen LogP contribution is -2.41. The normalized spacial score (nSPS) is 17.3. The summed E-state index contributed by atoms with van der Waals surface area (Å²) >= 11 is 0. The van der Waals surface area contributed by atoms with Crippen molar-refractivity contribution in [3.05, 3.63) is 17.0 Å². The second kappa shape index (κ2) is 9.06. The molecular weight excluding hydrogens is 300 g/mol. The van der Waals surface area contributed by atoms with Crippen LogP contribution in [0, 0.1) is 19.8 Å². The molecule has 2 N–H and O–H groups in total. The van der Waals surface area contributed by atoms with Crippen molar-refractivity contribution in [3.63, 3.8) is 0 Å². The molecule has 0 spiro atoms. The molecule has 0 radical (unpaired) electrons. The summed E-state index contributed by atoms with van der Waals surface area (Å²) in [5, 5.41) is 11.3. The SMILES string of the molecule is CCNC(=NCc1c(C)nn(C)c1C)NCC(C)CN1CCCC1. The summed E-state index contributed by atoms with van der Waals surface area (Å²) in [7, 11) is 1.99. The molecule has 1 aliphatic rings. The summed E-state index contributed by atoms with van der Waals surface area (Å²) in [5.41, 5.74) is 3.48. The van der Waals surface area contributed by atoms with Crippen LogP contribution in [0.4, 0.5) is 0 Å². The third-order valence-electron chi connectivity index (χ3n) is 4.78. The van der Waals surface area contributed by atoms with Crippen molar-refractivity contribution >= 4 is 5.96 Å². The molecule has 2 heterocycles. The van der Waals surface area contributed by atoms with E-state index < -0.39 is 0 Å². The molecule has 6 heteroatoms. The Hall–Kier alpha value is -1.56. The fourth-order valence-electron chi connectivity index (χ4n) is 3.29. The zero-order valence-corrected chi connectivity index (χ0v) is 16.0. The predicted octanol–water partition coefficient (Wildman–Crippen LogP) is 1.82. The first-order valence-electron chi connectivity index (χ1n) is 9.24. The van der Waals surface area contributed by atoms with E-state index in [1.807, 2.05) is 11.7 Å². The molecule has 1 aromatic rings. The van der Waals surface area contributed by atoms with Crippen LogP contribution in [-0.2, 0) is 13.6 Å². The van der Waals surface area contributed by atoms with Crippen molar-refractivity contribution < 1.29 is 0 Å². The molecule has 24 heavy (non-hydrogen) atoms. The molecule has 2 rings (SSSR count). The molecular formula is C18H34N6. The van der Waals surface area contributed by atoms with E-state index in [-0.39, 0.29) is 0 Å². The van der Waals surface area contributed by atoms with Gasteiger partial charge >= 0.3 is 0 Å². The van der Waals surface area contributed by atoms with E-state index in [4.69, 9.17) is 4.99 Å². The van der Waals surface area contributed by atoms with Gasteiger partial charge in [-0.2, -0.15) is 5.10 Å². The maximum absolute atomic E-state index is 4.75. The fraction of sp³-hybridized carbons (Fsp3) is 0.778. The van der Waals surface area contributed by atoms with E-state index in [1.54, 1.807) is 0 Å². The van der Waals surface area contributed by atoms with Crippen LogP contribution >= 0.6 is 0 Å². The van der Waals surface area contributed by atoms with Crippen LogP contribution in [0.25, 0.3) is 0 Å². The Balaban J connectivity index is 1.87. The predicted molar refractivity (Wildman–Crippen MR) is 100 cm³/mol. The zero-order chi connectivity index (χ0) is 17.5. The van der Waals surface area contributed by atoms with Crippen LogP contribution in [0.3, 0.4) is 0 Å². The Morgan fingerprint density at radius 1 is 1.25 bits per heavy atom. The van der Waals surface area contributed by atoms with Gasteiger partial charge in [-0.15, -0.1) is 0 Å². The van der Waals surface area contributed by atoms with Crippen LogP contribution in [0.2, 0.25) is 0 Å². The summed E-state index contributed by atoms with van der Waals surface area (Å²) < 4.78 is 1.93. The Morgan fingerprint density at radius 3 is 2.54 bits per heavy atom. The van der Waals surface area contributed by atoms with E-state index in [9.17, 15) is 0 Å². The smallest absolute Gasteiger partial charge is 0.191 e. The molecule has 1 unspecified atom stereocenters. The van der Waals surface area contributed by atoms with Crippen LogP contribution < -0.4 is 10.6 Å². The van der Waals surface area contributed by atoms with Crippen molar-refractivity contribution in [3.8, 4) is 0 Å². The van der Waals surface area contributed by atoms with Gasteiger partial charge in [-0.1, -0.05) is 6.92 Å². The van der Waals surface area contributed by atoms with Crippen molar-refractivity contribution in [2.45, 2.75) is 47.1 Å². The summed E-state index contributed by atoms with van der Waals surface area (Å²) in [6.07, 6.45) is 2.71. The number of hydrogen-bond donors (Lipinski definition) is 2. The van der Waals surface area contributed by atoms with E-state index in [0.717, 1.165) is 24.7 Å². The average molecular weight is 335 g/mol. The van der Waals surface area contributed by atoms with Gasteiger partial charge in [0.2, 0.25) is 0 Å². The van der Waals surface area contributed by atoms with Gasteiger partial charge < -0.3 is 15.5 Å². The highest BCUT2D eigenvalue weighted by Gasteiger charge is 2.15. The number of guanidine groups is 1. The Labute approximate surface area is 146 Å². The molecule has 0 bridgehead atoms. The van der Waals surface area contributed by atoms with Crippen molar-refractivity contribution in [2.75, 3.05) is 32.7 Å². The number of rotatable bonds is 7. The highest BCUT2D eigenvalue weighted by molar-refractivity contribution is 5.79. The van der Waals surface area contributed by atoms with Gasteiger partial charge in [0.05, 0.1) is 12.2 Å². The van der Waals surface area contributed by atoms with Crippen LogP contribution in [0.1, 0.15) is 43.6 Å². The van der Waals surface area contributed by atoms with Gasteiger partial charge in [0.1, 0.15) is 0 Å². The number of aryl methyl sites for hydroxylation is 2. The molecule has 0 aromatic carbocycles. The van der Waals surface area contributed by atoms with E-state index in [2.05, 4.69) is 48.3 Å². The molecule has 1 aromatic heterocycles. The first-order valence-corrected chi connectivity index (χ1v) is 9.24. The minimum Gasteiger partial charge on any atom is -0.357 e. The lowest BCUT2D eigenvalue weighted by Gasteiger charge is -2.21. The number of nitrogens with one attached hydrogen (secondary N) is 2. The van der Waals surface area contributed by atoms with Gasteiger partial charge in [0.25, 0.3) is 0 Å². The highest BCUT2D eigenvalue weighted by Crippen LogP contribution is 2.13. The zero-order valence-electron chi connectivity index (χ0n) is 16.0. The molecule has 1 fully saturated rings. The van der Waals surface area contributed by atoms with Crippen LogP contribution in [0.5, 0.6) is 0 Å². The lowest BCUT2D eigenvalue weighted by atomic mass is 10.1. The van der Waals surface area contributed by atoms with Crippen molar-refractivity contribution in [2.24, 2.45) is 18.0 Å². The number of aliphatic imine (C=N–C) groups is 1. The molecule has 1 saturated heterocycles. The number of nitrogens with zero attached hydrogens (tertiary/aromatic N) is 4. The summed E-state index contributed by atoms with van der Waals surface area (Å²) in [6, 6.07) is 0. The third kappa shape index (κ3) is 5.23. The summed E-state index contributed by atoms with van der Waals surface area (Å²) in [6.45, 7) is 14.8. The number of likely N-dealkylation sites (tertiary alicyclic amines) is 1. The van der Waals surface area contributed by atoms with Crippen molar-refractivity contribution in [1.82, 2.24) is 25.3 Å². The standard InChI is InChI=1S/C18H34N6/c1-6-19-18(20-11-14(2)13-24-9-7-8-10-24)21-12-17-15(3)22-23(5)16(17)4/h14H,6-13H2,1-5H3,(H2,19,20,21). The van der Waals surface area contributed by atoms with Gasteiger partial charge in [-0.25, -0.2) is 4.99 Å². The van der Waals surface area contributed by atoms with Gasteiger partial charge in [-0.3, -0.25) is 4.68 Å². The average Bonchev–Trinajstić information content (AvgIpc) is 3.12. The summed E-state index contributed by atoms with van der Waals surface area (Å²) in [4.78, 5) is 7.32. The molecule has 1 aliphatic heterocycles. The lowest BCUT2D eigenvalue weighted by molar-refractivity contribution is 0.287. The Morgan fingerprint density at radius 2 is 1.96 bits per heavy atom. The maximum atomic E-state index is 4.75. The molecule has 1 atom stereocenters. The second-order valence-corrected chi connectivity index (χ2v) is 6.96.